The number of amides is 1. The third kappa shape index (κ3) is 5.65. The normalized spacial score (nSPS) is 21.4. The zero-order chi connectivity index (χ0) is 26.9. The highest BCUT2D eigenvalue weighted by molar-refractivity contribution is 7.89. The fourth-order valence-corrected chi connectivity index (χ4v) is 5.68. The maximum Gasteiger partial charge on any atom is 0.490 e. The summed E-state index contributed by atoms with van der Waals surface area (Å²) in [7, 11) is -2.22. The van der Waals surface area contributed by atoms with Gasteiger partial charge >= 0.3 is 12.1 Å². The monoisotopic (exact) mass is 535 g/mol. The lowest BCUT2D eigenvalue weighted by Gasteiger charge is -2.46. The number of carbonyl (C=O) groups is 2. The molecule has 0 bridgehead atoms. The average molecular weight is 535 g/mol. The Balaban J connectivity index is 0.000000454. The molecule has 1 N–H and O–H groups in total. The van der Waals surface area contributed by atoms with Crippen LogP contribution in [0.15, 0.2) is 53.4 Å². The molecule has 196 valence electrons. The van der Waals surface area contributed by atoms with Crippen LogP contribution in [0, 0.1) is 11.6 Å². The molecule has 36 heavy (non-hydrogen) atoms. The van der Waals surface area contributed by atoms with Crippen molar-refractivity contribution in [1.82, 2.24) is 9.21 Å². The molecule has 2 heterocycles. The van der Waals surface area contributed by atoms with E-state index < -0.39 is 39.3 Å². The lowest BCUT2D eigenvalue weighted by atomic mass is 9.92. The summed E-state index contributed by atoms with van der Waals surface area (Å²) >= 11 is 0. The second-order valence-electron chi connectivity index (χ2n) is 8.36. The Kier molecular flexibility index (Phi) is 7.72. The second-order valence-corrected chi connectivity index (χ2v) is 10.3. The minimum atomic E-state index is -5.08. The van der Waals surface area contributed by atoms with Crippen LogP contribution >= 0.6 is 0 Å². The Morgan fingerprint density at radius 3 is 2.28 bits per heavy atom. The maximum atomic E-state index is 14.1. The molecular weight excluding hydrogens is 513 g/mol. The number of anilines is 1. The van der Waals surface area contributed by atoms with Gasteiger partial charge in [-0.1, -0.05) is 18.2 Å². The number of nitrogens with zero attached hydrogens (tertiary/aromatic N) is 3. The van der Waals surface area contributed by atoms with Gasteiger partial charge in [-0.25, -0.2) is 22.0 Å². The third-order valence-electron chi connectivity index (χ3n) is 6.05. The average Bonchev–Trinajstić information content (AvgIpc) is 3.22. The van der Waals surface area contributed by atoms with Crippen molar-refractivity contribution >= 4 is 27.6 Å². The smallest absolute Gasteiger partial charge is 0.475 e. The van der Waals surface area contributed by atoms with Gasteiger partial charge in [0, 0.05) is 25.3 Å². The molecule has 2 fully saturated rings. The topological polar surface area (TPSA) is 98.2 Å². The van der Waals surface area contributed by atoms with Crippen LogP contribution in [0.4, 0.5) is 27.6 Å². The molecule has 1 spiro atoms. The highest BCUT2D eigenvalue weighted by Gasteiger charge is 2.50. The lowest BCUT2D eigenvalue weighted by molar-refractivity contribution is -0.192. The summed E-state index contributed by atoms with van der Waals surface area (Å²) in [6.45, 7) is 0.657. The Morgan fingerprint density at radius 2 is 1.69 bits per heavy atom. The van der Waals surface area contributed by atoms with E-state index in [0.717, 1.165) is 6.07 Å². The number of sulfonamides is 1. The molecule has 2 aromatic rings. The highest BCUT2D eigenvalue weighted by atomic mass is 32.2. The second kappa shape index (κ2) is 10.1. The Hall–Kier alpha value is -3.10. The summed E-state index contributed by atoms with van der Waals surface area (Å²) in [5.41, 5.74) is -0.184. The molecule has 2 aliphatic heterocycles. The van der Waals surface area contributed by atoms with Crippen LogP contribution in [0.3, 0.4) is 0 Å². The number of rotatable bonds is 3. The maximum absolute atomic E-state index is 14.1. The molecule has 1 unspecified atom stereocenters. The van der Waals surface area contributed by atoms with Crippen LogP contribution in [-0.2, 0) is 19.6 Å². The Morgan fingerprint density at radius 1 is 1.06 bits per heavy atom. The van der Waals surface area contributed by atoms with E-state index in [1.807, 2.05) is 4.90 Å². The number of benzene rings is 2. The largest absolute Gasteiger partial charge is 0.490 e. The standard InChI is InChI=1S/C20H21F2N3O3S.C2HF3O2/c1-23-12-19(26)25(16-6-4-5-15(21)11-16)14-20(23)9-10-24(13-20)29(27,28)18-8-3-2-7-17(18)22;3-2(4,5)1(6)7/h2-8,11H,9-10,12-14H2,1H3;(H,6,7). The molecule has 8 nitrogen and oxygen atoms in total. The van der Waals surface area contributed by atoms with E-state index >= 15 is 0 Å². The van der Waals surface area contributed by atoms with Crippen LogP contribution in [0.5, 0.6) is 0 Å². The van der Waals surface area contributed by atoms with Crippen molar-refractivity contribution in [3.63, 3.8) is 0 Å². The first-order valence-corrected chi connectivity index (χ1v) is 11.9. The van der Waals surface area contributed by atoms with E-state index in [4.69, 9.17) is 9.90 Å². The van der Waals surface area contributed by atoms with E-state index in [-0.39, 0.29) is 37.0 Å². The number of piperazine rings is 1. The number of hydrogen-bond acceptors (Lipinski definition) is 5. The van der Waals surface area contributed by atoms with Crippen molar-refractivity contribution < 1.29 is 45.1 Å². The summed E-state index contributed by atoms with van der Waals surface area (Å²) in [5.74, 6) is -4.17. The van der Waals surface area contributed by atoms with Gasteiger partial charge in [0.15, 0.2) is 0 Å². The molecule has 0 radical (unpaired) electrons. The van der Waals surface area contributed by atoms with Gasteiger partial charge in [0.2, 0.25) is 15.9 Å². The van der Waals surface area contributed by atoms with Crippen LogP contribution in [-0.4, -0.2) is 79.5 Å². The fraction of sp³-hybridized carbons (Fsp3) is 0.364. The minimum absolute atomic E-state index is 0.0874. The van der Waals surface area contributed by atoms with Crippen molar-refractivity contribution in [3.8, 4) is 0 Å². The van der Waals surface area contributed by atoms with E-state index in [1.165, 1.54) is 45.6 Å². The molecule has 1 atom stereocenters. The zero-order valence-electron chi connectivity index (χ0n) is 18.9. The molecule has 14 heteroatoms. The quantitative estimate of drug-likeness (QED) is 0.608. The first-order chi connectivity index (χ1) is 16.7. The summed E-state index contributed by atoms with van der Waals surface area (Å²) < 4.78 is 86.8. The van der Waals surface area contributed by atoms with Gasteiger partial charge in [0.25, 0.3) is 0 Å². The predicted molar refractivity (Wildman–Crippen MR) is 118 cm³/mol. The lowest BCUT2D eigenvalue weighted by Crippen LogP contribution is -2.64. The number of halogens is 5. The SMILES string of the molecule is CN1CC(=O)N(c2cccc(F)c2)CC12CCN(S(=O)(=O)c1ccccc1F)C2.O=C(O)C(F)(F)F. The van der Waals surface area contributed by atoms with E-state index in [0.29, 0.717) is 12.1 Å². The van der Waals surface area contributed by atoms with Crippen LogP contribution in [0.25, 0.3) is 0 Å². The molecule has 0 aliphatic carbocycles. The summed E-state index contributed by atoms with van der Waals surface area (Å²) in [4.78, 5) is 24.5. The number of carboxylic acids is 1. The van der Waals surface area contributed by atoms with Crippen LogP contribution in [0.1, 0.15) is 6.42 Å². The van der Waals surface area contributed by atoms with Gasteiger partial charge in [-0.15, -0.1) is 0 Å². The van der Waals surface area contributed by atoms with Gasteiger partial charge in [-0.2, -0.15) is 17.5 Å². The number of carbonyl (C=O) groups excluding carboxylic acids is 1. The number of carboxylic acid groups (broad SMARTS) is 1. The van der Waals surface area contributed by atoms with E-state index in [9.17, 15) is 35.2 Å². The van der Waals surface area contributed by atoms with E-state index in [2.05, 4.69) is 0 Å². The van der Waals surface area contributed by atoms with Gasteiger partial charge in [-0.3, -0.25) is 9.69 Å². The Bertz CT molecular complexity index is 1260. The van der Waals surface area contributed by atoms with Gasteiger partial charge in [-0.05, 0) is 43.8 Å². The summed E-state index contributed by atoms with van der Waals surface area (Å²) in [5, 5.41) is 7.12. The first-order valence-electron chi connectivity index (χ1n) is 10.5. The third-order valence-corrected chi connectivity index (χ3v) is 7.93. The molecule has 2 aromatic carbocycles. The summed E-state index contributed by atoms with van der Waals surface area (Å²) in [6.07, 6.45) is -4.60. The predicted octanol–water partition coefficient (Wildman–Crippen LogP) is 2.71. The number of hydrogen-bond donors (Lipinski definition) is 1. The Labute approximate surface area is 203 Å². The number of likely N-dealkylation sites (N-methyl/N-ethyl adjacent to an activating group) is 1. The molecule has 2 saturated heterocycles. The minimum Gasteiger partial charge on any atom is -0.475 e. The zero-order valence-corrected chi connectivity index (χ0v) is 19.7. The number of aliphatic carboxylic acids is 1. The fourth-order valence-electron chi connectivity index (χ4n) is 4.10. The van der Waals surface area contributed by atoms with Crippen LogP contribution in [0.2, 0.25) is 0 Å². The van der Waals surface area contributed by atoms with Crippen LogP contribution < -0.4 is 4.90 Å². The molecule has 0 saturated carbocycles. The van der Waals surface area contributed by atoms with Crippen molar-refractivity contribution in [2.75, 3.05) is 38.1 Å². The van der Waals surface area contributed by atoms with Gasteiger partial charge in [0.05, 0.1) is 12.1 Å². The van der Waals surface area contributed by atoms with Gasteiger partial charge in [0.1, 0.15) is 16.5 Å². The molecule has 2 aliphatic rings. The van der Waals surface area contributed by atoms with E-state index in [1.54, 1.807) is 13.1 Å². The molecule has 1 amide bonds. The first kappa shape index (κ1) is 27.5. The van der Waals surface area contributed by atoms with Crippen molar-refractivity contribution in [2.24, 2.45) is 0 Å². The highest BCUT2D eigenvalue weighted by Crippen LogP contribution is 2.36. The van der Waals surface area contributed by atoms with Crippen molar-refractivity contribution in [1.29, 1.82) is 0 Å². The van der Waals surface area contributed by atoms with Crippen molar-refractivity contribution in [2.45, 2.75) is 23.0 Å². The molecule has 4 rings (SSSR count). The van der Waals surface area contributed by atoms with Crippen molar-refractivity contribution in [3.05, 3.63) is 60.2 Å². The number of alkyl halides is 3. The van der Waals surface area contributed by atoms with Gasteiger partial charge < -0.3 is 10.0 Å². The molecular formula is C22H22F5N3O5S. The summed E-state index contributed by atoms with van der Waals surface area (Å²) in [6, 6.07) is 11.1. The molecule has 0 aromatic heterocycles.